The van der Waals surface area contributed by atoms with Crippen molar-refractivity contribution in [3.8, 4) is 17.2 Å². The largest absolute Gasteiger partial charge is 0.346 e. The maximum atomic E-state index is 9.23. The van der Waals surface area contributed by atoms with Gasteiger partial charge in [0.1, 0.15) is 18.4 Å². The lowest BCUT2D eigenvalue weighted by molar-refractivity contribution is -0.441. The van der Waals surface area contributed by atoms with Crippen molar-refractivity contribution in [3.05, 3.63) is 54.5 Å². The Balaban J connectivity index is 1.71. The lowest BCUT2D eigenvalue weighted by Crippen LogP contribution is -2.20. The summed E-state index contributed by atoms with van der Waals surface area (Å²) in [5, 5.41) is 11.5. The molecular formula is C23H20N5+. The summed E-state index contributed by atoms with van der Waals surface area (Å²) >= 11 is 0. The first-order valence-corrected chi connectivity index (χ1v) is 9.56. The molecule has 4 aromatic rings. The van der Waals surface area contributed by atoms with Crippen LogP contribution in [0.5, 0.6) is 0 Å². The predicted molar refractivity (Wildman–Crippen MR) is 111 cm³/mol. The van der Waals surface area contributed by atoms with E-state index in [9.17, 15) is 5.26 Å². The Labute approximate surface area is 163 Å². The van der Waals surface area contributed by atoms with Crippen LogP contribution in [0.1, 0.15) is 18.5 Å². The van der Waals surface area contributed by atoms with Gasteiger partial charge < -0.3 is 4.98 Å². The summed E-state index contributed by atoms with van der Waals surface area (Å²) in [4.78, 5) is 12.5. The first kappa shape index (κ1) is 16.6. The minimum atomic E-state index is 0.109. The number of nitrogens with one attached hydrogen (secondary N) is 1. The van der Waals surface area contributed by atoms with Crippen molar-refractivity contribution in [2.45, 2.75) is 19.8 Å². The van der Waals surface area contributed by atoms with Crippen LogP contribution >= 0.6 is 0 Å². The Morgan fingerprint density at radius 2 is 2.14 bits per heavy atom. The molecular weight excluding hydrogens is 346 g/mol. The van der Waals surface area contributed by atoms with Crippen molar-refractivity contribution >= 4 is 33.8 Å². The number of fused-ring (bicyclic) bond motifs is 2. The van der Waals surface area contributed by atoms with Crippen LogP contribution < -0.4 is 0 Å². The van der Waals surface area contributed by atoms with Gasteiger partial charge in [-0.3, -0.25) is 4.98 Å². The van der Waals surface area contributed by atoms with Gasteiger partial charge in [0.25, 0.3) is 0 Å². The maximum absolute atomic E-state index is 9.23. The lowest BCUT2D eigenvalue weighted by atomic mass is 9.98. The Kier molecular flexibility index (Phi) is 3.91. The summed E-state index contributed by atoms with van der Waals surface area (Å²) in [6, 6.07) is 15.0. The van der Waals surface area contributed by atoms with E-state index in [1.807, 2.05) is 25.4 Å². The molecule has 1 aliphatic rings. The van der Waals surface area contributed by atoms with Crippen molar-refractivity contribution in [2.24, 2.45) is 5.92 Å². The van der Waals surface area contributed by atoms with E-state index in [0.29, 0.717) is 0 Å². The summed E-state index contributed by atoms with van der Waals surface area (Å²) in [6.07, 6.45) is 7.70. The van der Waals surface area contributed by atoms with Crippen molar-refractivity contribution in [1.29, 1.82) is 5.26 Å². The summed E-state index contributed by atoms with van der Waals surface area (Å²) in [6.45, 7) is 2.85. The highest BCUT2D eigenvalue weighted by Crippen LogP contribution is 2.37. The van der Waals surface area contributed by atoms with Gasteiger partial charge in [-0.1, -0.05) is 12.1 Å². The van der Waals surface area contributed by atoms with Crippen LogP contribution in [0, 0.1) is 24.2 Å². The predicted octanol–water partition coefficient (Wildman–Crippen LogP) is 4.73. The maximum Gasteiger partial charge on any atom is 0.225 e. The zero-order valence-corrected chi connectivity index (χ0v) is 15.7. The van der Waals surface area contributed by atoms with E-state index in [1.54, 1.807) is 0 Å². The first-order chi connectivity index (χ1) is 13.7. The fourth-order valence-corrected chi connectivity index (χ4v) is 3.99. The van der Waals surface area contributed by atoms with Gasteiger partial charge in [0.2, 0.25) is 5.69 Å². The minimum absolute atomic E-state index is 0.109. The van der Waals surface area contributed by atoms with Gasteiger partial charge >= 0.3 is 0 Å². The molecule has 5 heteroatoms. The number of hydrogen-bond acceptors (Lipinski definition) is 3. The average Bonchev–Trinajstić information content (AvgIpc) is 3.21. The molecule has 0 spiro atoms. The number of pyridine rings is 2. The van der Waals surface area contributed by atoms with Crippen LogP contribution in [-0.4, -0.2) is 32.3 Å². The summed E-state index contributed by atoms with van der Waals surface area (Å²) < 4.78 is 2.29. The molecule has 28 heavy (non-hydrogen) atoms. The number of benzene rings is 1. The summed E-state index contributed by atoms with van der Waals surface area (Å²) in [7, 11) is 0. The molecule has 0 radical (unpaired) electrons. The number of aryl methyl sites for hydroxylation is 1. The number of hydrogen-bond donors (Lipinski definition) is 1. The minimum Gasteiger partial charge on any atom is -0.346 e. The molecule has 1 aromatic carbocycles. The van der Waals surface area contributed by atoms with Gasteiger partial charge in [-0.2, -0.15) is 5.26 Å². The Hall–Kier alpha value is -3.52. The normalized spacial score (nSPS) is 16.9. The van der Waals surface area contributed by atoms with E-state index in [1.165, 1.54) is 0 Å². The molecule has 4 heterocycles. The summed E-state index contributed by atoms with van der Waals surface area (Å²) in [5.74, 6) is 0.109. The SMILES string of the molecule is Cc1ccc2cc(-c3cnc4[nH]ccc4c3[N+]3=CCC(C#N)CC3)ccc2n1. The fraction of sp³-hybridized carbons (Fsp3) is 0.217. The van der Waals surface area contributed by atoms with Crippen molar-refractivity contribution in [2.75, 3.05) is 6.54 Å². The van der Waals surface area contributed by atoms with Gasteiger partial charge in [0, 0.05) is 36.3 Å². The van der Waals surface area contributed by atoms with Crippen LogP contribution in [0.25, 0.3) is 33.1 Å². The Bertz CT molecular complexity index is 1280. The molecule has 0 bridgehead atoms. The highest BCUT2D eigenvalue weighted by atomic mass is 15.0. The van der Waals surface area contributed by atoms with Crippen molar-refractivity contribution in [1.82, 2.24) is 15.0 Å². The highest BCUT2D eigenvalue weighted by molar-refractivity contribution is 5.96. The van der Waals surface area contributed by atoms with Gasteiger partial charge in [-0.25, -0.2) is 9.56 Å². The lowest BCUT2D eigenvalue weighted by Gasteiger charge is -2.15. The monoisotopic (exact) mass is 366 g/mol. The molecule has 1 aliphatic heterocycles. The molecule has 3 aromatic heterocycles. The molecule has 0 saturated heterocycles. The standard InChI is InChI=1S/C23H20N5/c1-15-2-3-18-12-17(4-5-21(18)27-15)20-14-26-23-19(6-9-25-23)22(20)28-10-7-16(13-24)8-11-28/h2-6,9-10,12,14,16H,7-8,11H2,1H3,(H,25,26)/q+1. The van der Waals surface area contributed by atoms with Gasteiger partial charge in [0.15, 0.2) is 0 Å². The molecule has 1 atom stereocenters. The third-order valence-electron chi connectivity index (χ3n) is 5.50. The highest BCUT2D eigenvalue weighted by Gasteiger charge is 2.26. The number of aromatic nitrogens is 3. The Morgan fingerprint density at radius 3 is 2.96 bits per heavy atom. The molecule has 0 aliphatic carbocycles. The molecule has 0 fully saturated rings. The van der Waals surface area contributed by atoms with E-state index < -0.39 is 0 Å². The number of rotatable bonds is 2. The number of H-pyrrole nitrogens is 1. The molecule has 1 N–H and O–H groups in total. The molecule has 0 amide bonds. The second-order valence-electron chi connectivity index (χ2n) is 7.35. The molecule has 0 saturated carbocycles. The van der Waals surface area contributed by atoms with Crippen molar-refractivity contribution in [3.63, 3.8) is 0 Å². The van der Waals surface area contributed by atoms with Crippen LogP contribution in [0.4, 0.5) is 5.69 Å². The summed E-state index contributed by atoms with van der Waals surface area (Å²) in [5.41, 5.74) is 6.28. The van der Waals surface area contributed by atoms with Gasteiger partial charge in [-0.15, -0.1) is 0 Å². The molecule has 5 rings (SSSR count). The van der Waals surface area contributed by atoms with Crippen LogP contribution in [0.15, 0.2) is 48.8 Å². The zero-order valence-electron chi connectivity index (χ0n) is 15.7. The van der Waals surface area contributed by atoms with E-state index in [-0.39, 0.29) is 5.92 Å². The van der Waals surface area contributed by atoms with Crippen molar-refractivity contribution < 1.29 is 4.58 Å². The number of aromatic amines is 1. The molecule has 1 unspecified atom stereocenters. The first-order valence-electron chi connectivity index (χ1n) is 9.56. The quantitative estimate of drug-likeness (QED) is 0.521. The van der Waals surface area contributed by atoms with Gasteiger partial charge in [-0.05, 0) is 36.8 Å². The van der Waals surface area contributed by atoms with E-state index >= 15 is 0 Å². The number of nitrogens with zero attached hydrogens (tertiary/aromatic N) is 4. The van der Waals surface area contributed by atoms with E-state index in [4.69, 9.17) is 0 Å². The smallest absolute Gasteiger partial charge is 0.225 e. The topological polar surface area (TPSA) is 68.4 Å². The third-order valence-corrected chi connectivity index (χ3v) is 5.50. The second-order valence-corrected chi connectivity index (χ2v) is 7.35. The Morgan fingerprint density at radius 1 is 1.21 bits per heavy atom. The van der Waals surface area contributed by atoms with E-state index in [0.717, 1.165) is 63.8 Å². The van der Waals surface area contributed by atoms with Crippen LogP contribution in [0.3, 0.4) is 0 Å². The molecule has 5 nitrogen and oxygen atoms in total. The van der Waals surface area contributed by atoms with Gasteiger partial charge in [0.05, 0.1) is 28.5 Å². The zero-order chi connectivity index (χ0) is 19.1. The van der Waals surface area contributed by atoms with Crippen LogP contribution in [-0.2, 0) is 0 Å². The van der Waals surface area contributed by atoms with E-state index in [2.05, 4.69) is 62.1 Å². The molecule has 136 valence electrons. The number of nitriles is 1. The van der Waals surface area contributed by atoms with Crippen LogP contribution in [0.2, 0.25) is 0 Å². The fourth-order valence-electron chi connectivity index (χ4n) is 3.99. The average molecular weight is 366 g/mol. The second kappa shape index (κ2) is 6.58. The third kappa shape index (κ3) is 2.74.